The van der Waals surface area contributed by atoms with Gasteiger partial charge in [-0.25, -0.2) is 0 Å². The molecule has 3 unspecified atom stereocenters. The Kier molecular flexibility index (Phi) is 5.86. The summed E-state index contributed by atoms with van der Waals surface area (Å²) in [7, 11) is 0. The van der Waals surface area contributed by atoms with E-state index in [0.717, 1.165) is 0 Å². The zero-order valence-corrected chi connectivity index (χ0v) is 12.2. The fourth-order valence-electron chi connectivity index (χ4n) is 2.64. The number of rotatable bonds is 4. The Morgan fingerprint density at radius 2 is 2.00 bits per heavy atom. The van der Waals surface area contributed by atoms with Crippen LogP contribution in [0, 0.1) is 17.8 Å². The van der Waals surface area contributed by atoms with Crippen molar-refractivity contribution >= 4 is 11.7 Å². The smallest absolute Gasteiger partial charge is 0.391 e. The largest absolute Gasteiger partial charge is 0.409 e. The Morgan fingerprint density at radius 3 is 2.48 bits per heavy atom. The van der Waals surface area contributed by atoms with Crippen LogP contribution in [0.3, 0.4) is 0 Å². The Bertz CT molecular complexity index is 397. The standard InChI is InChI=1S/C13H22F3N3O2/c1-7(2)10(11(17)19-21)18-12(20)8-4-3-5-9(6-8)13(14,15)16/h7-10,21H,3-6H2,1-2H3,(H2,17,19)(H,18,20). The Morgan fingerprint density at radius 1 is 1.38 bits per heavy atom. The van der Waals surface area contributed by atoms with Gasteiger partial charge in [0.1, 0.15) is 0 Å². The lowest BCUT2D eigenvalue weighted by Crippen LogP contribution is -2.50. The van der Waals surface area contributed by atoms with E-state index in [4.69, 9.17) is 10.9 Å². The van der Waals surface area contributed by atoms with E-state index in [1.807, 2.05) is 0 Å². The van der Waals surface area contributed by atoms with Crippen LogP contribution in [0.1, 0.15) is 39.5 Å². The normalized spacial score (nSPS) is 25.7. The molecule has 1 fully saturated rings. The van der Waals surface area contributed by atoms with Gasteiger partial charge in [-0.1, -0.05) is 25.4 Å². The quantitative estimate of drug-likeness (QED) is 0.322. The van der Waals surface area contributed by atoms with E-state index in [0.29, 0.717) is 12.8 Å². The van der Waals surface area contributed by atoms with E-state index in [2.05, 4.69) is 10.5 Å². The van der Waals surface area contributed by atoms with Crippen LogP contribution in [0.25, 0.3) is 0 Å². The molecular weight excluding hydrogens is 287 g/mol. The molecule has 1 saturated carbocycles. The van der Waals surface area contributed by atoms with Crippen molar-refractivity contribution in [2.45, 2.75) is 51.7 Å². The first-order valence-corrected chi connectivity index (χ1v) is 7.01. The van der Waals surface area contributed by atoms with Crippen molar-refractivity contribution in [2.24, 2.45) is 28.6 Å². The minimum atomic E-state index is -4.26. The molecule has 0 spiro atoms. The second-order valence-corrected chi connectivity index (χ2v) is 5.86. The van der Waals surface area contributed by atoms with Crippen LogP contribution >= 0.6 is 0 Å². The number of nitrogens with one attached hydrogen (secondary N) is 1. The summed E-state index contributed by atoms with van der Waals surface area (Å²) in [5.74, 6) is -2.86. The topological polar surface area (TPSA) is 87.7 Å². The first kappa shape index (κ1) is 17.6. The Hall–Kier alpha value is -1.47. The number of alkyl halides is 3. The Balaban J connectivity index is 2.70. The SMILES string of the molecule is CC(C)C(NC(=O)C1CCCC(C(F)(F)F)C1)C(N)=NO. The van der Waals surface area contributed by atoms with E-state index in [-0.39, 0.29) is 24.6 Å². The molecule has 0 aromatic rings. The lowest BCUT2D eigenvalue weighted by Gasteiger charge is -2.31. The summed E-state index contributed by atoms with van der Waals surface area (Å²) in [5.41, 5.74) is 5.50. The van der Waals surface area contributed by atoms with Crippen molar-refractivity contribution in [1.29, 1.82) is 0 Å². The van der Waals surface area contributed by atoms with Crippen LogP contribution in [0.2, 0.25) is 0 Å². The molecule has 0 saturated heterocycles. The maximum Gasteiger partial charge on any atom is 0.391 e. The minimum absolute atomic E-state index is 0.0706. The molecule has 0 heterocycles. The third kappa shape index (κ3) is 4.78. The molecule has 3 atom stereocenters. The highest BCUT2D eigenvalue weighted by molar-refractivity contribution is 5.90. The highest BCUT2D eigenvalue weighted by atomic mass is 19.4. The van der Waals surface area contributed by atoms with Gasteiger partial charge in [-0.05, 0) is 25.2 Å². The number of nitrogens with two attached hydrogens (primary N) is 1. The molecule has 1 rings (SSSR count). The fourth-order valence-corrected chi connectivity index (χ4v) is 2.64. The molecule has 1 aliphatic rings. The second kappa shape index (κ2) is 7.00. The van der Waals surface area contributed by atoms with E-state index >= 15 is 0 Å². The number of carbonyl (C=O) groups excluding carboxylic acids is 1. The van der Waals surface area contributed by atoms with Crippen molar-refractivity contribution < 1.29 is 23.2 Å². The fraction of sp³-hybridized carbons (Fsp3) is 0.846. The zero-order valence-electron chi connectivity index (χ0n) is 12.2. The van der Waals surface area contributed by atoms with Gasteiger partial charge in [0.05, 0.1) is 12.0 Å². The second-order valence-electron chi connectivity index (χ2n) is 5.86. The maximum atomic E-state index is 12.7. The van der Waals surface area contributed by atoms with Gasteiger partial charge in [0.25, 0.3) is 0 Å². The molecule has 0 bridgehead atoms. The van der Waals surface area contributed by atoms with Gasteiger partial charge in [0.15, 0.2) is 5.84 Å². The van der Waals surface area contributed by atoms with Crippen LogP contribution in [-0.4, -0.2) is 29.2 Å². The minimum Gasteiger partial charge on any atom is -0.409 e. The van der Waals surface area contributed by atoms with Crippen molar-refractivity contribution in [3.8, 4) is 0 Å². The molecule has 4 N–H and O–H groups in total. The summed E-state index contributed by atoms with van der Waals surface area (Å²) in [6, 6.07) is -0.686. The lowest BCUT2D eigenvalue weighted by molar-refractivity contribution is -0.186. The van der Waals surface area contributed by atoms with Gasteiger partial charge < -0.3 is 16.3 Å². The highest BCUT2D eigenvalue weighted by Crippen LogP contribution is 2.39. The van der Waals surface area contributed by atoms with Gasteiger partial charge in [0, 0.05) is 5.92 Å². The molecule has 0 aliphatic heterocycles. The average molecular weight is 309 g/mol. The van der Waals surface area contributed by atoms with Crippen LogP contribution in [-0.2, 0) is 4.79 Å². The number of halogens is 3. The first-order valence-electron chi connectivity index (χ1n) is 7.01. The number of hydrogen-bond donors (Lipinski definition) is 3. The Labute approximate surface area is 121 Å². The summed E-state index contributed by atoms with van der Waals surface area (Å²) in [4.78, 5) is 12.1. The van der Waals surface area contributed by atoms with Gasteiger partial charge >= 0.3 is 6.18 Å². The number of amidine groups is 1. The number of carbonyl (C=O) groups is 1. The van der Waals surface area contributed by atoms with Gasteiger partial charge in [-0.2, -0.15) is 13.2 Å². The molecular formula is C13H22F3N3O2. The summed E-state index contributed by atoms with van der Waals surface area (Å²) in [6.45, 7) is 3.53. The van der Waals surface area contributed by atoms with Crippen molar-refractivity contribution in [1.82, 2.24) is 5.32 Å². The van der Waals surface area contributed by atoms with Gasteiger partial charge in [-0.3, -0.25) is 4.79 Å². The summed E-state index contributed by atoms with van der Waals surface area (Å²) in [5, 5.41) is 14.1. The molecule has 0 radical (unpaired) electrons. The molecule has 0 aromatic carbocycles. The van der Waals surface area contributed by atoms with E-state index < -0.39 is 30.0 Å². The van der Waals surface area contributed by atoms with Crippen LogP contribution in [0.4, 0.5) is 13.2 Å². The summed E-state index contributed by atoms with van der Waals surface area (Å²) >= 11 is 0. The first-order chi connectivity index (χ1) is 9.66. The molecule has 5 nitrogen and oxygen atoms in total. The molecule has 122 valence electrons. The van der Waals surface area contributed by atoms with Crippen LogP contribution in [0.5, 0.6) is 0 Å². The zero-order chi connectivity index (χ0) is 16.2. The number of nitrogens with zero attached hydrogens (tertiary/aromatic N) is 1. The number of amides is 1. The number of oxime groups is 1. The molecule has 8 heteroatoms. The van der Waals surface area contributed by atoms with E-state index in [1.54, 1.807) is 13.8 Å². The van der Waals surface area contributed by atoms with E-state index in [1.165, 1.54) is 0 Å². The maximum absolute atomic E-state index is 12.7. The summed E-state index contributed by atoms with van der Waals surface area (Å²) in [6.07, 6.45) is -3.59. The molecule has 1 aliphatic carbocycles. The van der Waals surface area contributed by atoms with Gasteiger partial charge in [-0.15, -0.1) is 0 Å². The predicted octanol–water partition coefficient (Wildman–Crippen LogP) is 2.24. The third-order valence-corrected chi connectivity index (χ3v) is 3.91. The predicted molar refractivity (Wildman–Crippen MR) is 71.7 cm³/mol. The van der Waals surface area contributed by atoms with Crippen molar-refractivity contribution in [3.63, 3.8) is 0 Å². The highest BCUT2D eigenvalue weighted by Gasteiger charge is 2.43. The molecule has 0 aromatic heterocycles. The van der Waals surface area contributed by atoms with Gasteiger partial charge in [0.2, 0.25) is 5.91 Å². The van der Waals surface area contributed by atoms with Crippen molar-refractivity contribution in [2.75, 3.05) is 0 Å². The van der Waals surface area contributed by atoms with Crippen molar-refractivity contribution in [3.05, 3.63) is 0 Å². The van der Waals surface area contributed by atoms with Crippen LogP contribution < -0.4 is 11.1 Å². The van der Waals surface area contributed by atoms with E-state index in [9.17, 15) is 18.0 Å². The lowest BCUT2D eigenvalue weighted by atomic mass is 9.80. The molecule has 21 heavy (non-hydrogen) atoms. The average Bonchev–Trinajstić information content (AvgIpc) is 2.42. The monoisotopic (exact) mass is 309 g/mol. The summed E-state index contributed by atoms with van der Waals surface area (Å²) < 4.78 is 38.2. The van der Waals surface area contributed by atoms with Crippen LogP contribution in [0.15, 0.2) is 5.16 Å². The third-order valence-electron chi connectivity index (χ3n) is 3.91. The number of hydrogen-bond acceptors (Lipinski definition) is 3. The molecule has 1 amide bonds.